The van der Waals surface area contributed by atoms with Crippen LogP contribution in [0.5, 0.6) is 0 Å². The van der Waals surface area contributed by atoms with Crippen molar-refractivity contribution in [2.45, 2.75) is 18.9 Å². The first-order chi connectivity index (χ1) is 8.65. The Balaban J connectivity index is 1.75. The number of rotatable bonds is 2. The minimum Gasteiger partial charge on any atom is -0.393 e. The van der Waals surface area contributed by atoms with Crippen molar-refractivity contribution in [1.29, 1.82) is 0 Å². The Morgan fingerprint density at radius 3 is 2.83 bits per heavy atom. The molecule has 2 heterocycles. The fourth-order valence-electron chi connectivity index (χ4n) is 3.14. The molecule has 0 radical (unpaired) electrons. The van der Waals surface area contributed by atoms with Gasteiger partial charge in [0.25, 0.3) is 0 Å². The highest BCUT2D eigenvalue weighted by Gasteiger charge is 2.42. The van der Waals surface area contributed by atoms with Crippen LogP contribution < -0.4 is 10.6 Å². The first-order valence-electron chi connectivity index (χ1n) is 6.34. The van der Waals surface area contributed by atoms with Crippen molar-refractivity contribution < 1.29 is 9.90 Å². The van der Waals surface area contributed by atoms with E-state index in [4.69, 9.17) is 5.73 Å². The van der Waals surface area contributed by atoms with E-state index in [0.717, 1.165) is 31.7 Å². The molecule has 5 heteroatoms. The van der Waals surface area contributed by atoms with Crippen LogP contribution in [0.4, 0.5) is 5.82 Å². The van der Waals surface area contributed by atoms with Gasteiger partial charge in [-0.15, -0.1) is 0 Å². The van der Waals surface area contributed by atoms with E-state index in [1.165, 1.54) is 6.20 Å². The number of anilines is 1. The van der Waals surface area contributed by atoms with E-state index in [1.807, 2.05) is 6.07 Å². The lowest BCUT2D eigenvalue weighted by Gasteiger charge is -2.19. The summed E-state index contributed by atoms with van der Waals surface area (Å²) in [5, 5.41) is 9.87. The third-order valence-corrected chi connectivity index (χ3v) is 4.18. The number of nitrogens with two attached hydrogens (primary N) is 1. The molecule has 96 valence electrons. The Bertz CT molecular complexity index is 460. The van der Waals surface area contributed by atoms with E-state index in [9.17, 15) is 9.90 Å². The number of hydrogen-bond acceptors (Lipinski definition) is 4. The van der Waals surface area contributed by atoms with E-state index >= 15 is 0 Å². The van der Waals surface area contributed by atoms with Crippen LogP contribution in [0.25, 0.3) is 0 Å². The summed E-state index contributed by atoms with van der Waals surface area (Å²) in [7, 11) is 0. The number of pyridine rings is 1. The van der Waals surface area contributed by atoms with Crippen LogP contribution in [-0.2, 0) is 0 Å². The molecule has 2 fully saturated rings. The molecule has 1 aromatic heterocycles. The molecule has 1 aromatic rings. The maximum atomic E-state index is 11.0. The van der Waals surface area contributed by atoms with Crippen molar-refractivity contribution in [2.24, 2.45) is 17.6 Å². The van der Waals surface area contributed by atoms with Crippen LogP contribution in [0.2, 0.25) is 0 Å². The maximum Gasteiger partial charge on any atom is 0.250 e. The second kappa shape index (κ2) is 4.24. The first-order valence-corrected chi connectivity index (χ1v) is 6.34. The van der Waals surface area contributed by atoms with Gasteiger partial charge in [-0.05, 0) is 30.9 Å². The van der Waals surface area contributed by atoms with Gasteiger partial charge in [0.1, 0.15) is 5.82 Å². The first kappa shape index (κ1) is 11.5. The van der Waals surface area contributed by atoms with Crippen molar-refractivity contribution in [1.82, 2.24) is 4.98 Å². The zero-order valence-corrected chi connectivity index (χ0v) is 10.1. The predicted molar refractivity (Wildman–Crippen MR) is 67.2 cm³/mol. The van der Waals surface area contributed by atoms with E-state index < -0.39 is 5.91 Å². The van der Waals surface area contributed by atoms with Gasteiger partial charge in [-0.2, -0.15) is 0 Å². The SMILES string of the molecule is NC(=O)c1ccc(N2CC3CCC(O)C3C2)nc1. The van der Waals surface area contributed by atoms with Crippen molar-refractivity contribution >= 4 is 11.7 Å². The molecule has 18 heavy (non-hydrogen) atoms. The number of aliphatic hydroxyl groups is 1. The number of primary amides is 1. The fourth-order valence-corrected chi connectivity index (χ4v) is 3.14. The molecule has 3 unspecified atom stereocenters. The van der Waals surface area contributed by atoms with Crippen LogP contribution in [-0.4, -0.2) is 35.2 Å². The summed E-state index contributed by atoms with van der Waals surface area (Å²) >= 11 is 0. The molecule has 1 saturated carbocycles. The molecular weight excluding hydrogens is 230 g/mol. The average molecular weight is 247 g/mol. The number of nitrogens with zero attached hydrogens (tertiary/aromatic N) is 2. The van der Waals surface area contributed by atoms with Gasteiger partial charge in [-0.1, -0.05) is 0 Å². The highest BCUT2D eigenvalue weighted by molar-refractivity contribution is 5.92. The van der Waals surface area contributed by atoms with E-state index in [0.29, 0.717) is 17.4 Å². The average Bonchev–Trinajstić information content (AvgIpc) is 2.92. The Morgan fingerprint density at radius 1 is 1.39 bits per heavy atom. The smallest absolute Gasteiger partial charge is 0.250 e. The number of amides is 1. The Kier molecular flexibility index (Phi) is 2.70. The summed E-state index contributed by atoms with van der Waals surface area (Å²) in [5.74, 6) is 1.37. The number of fused-ring (bicyclic) bond motifs is 1. The molecule has 0 bridgehead atoms. The minimum atomic E-state index is -0.456. The summed E-state index contributed by atoms with van der Waals surface area (Å²) in [5.41, 5.74) is 5.61. The highest BCUT2D eigenvalue weighted by Crippen LogP contribution is 2.39. The van der Waals surface area contributed by atoms with Gasteiger partial charge >= 0.3 is 0 Å². The molecule has 3 rings (SSSR count). The lowest BCUT2D eigenvalue weighted by molar-refractivity contribution is 0.1000. The molecular formula is C13H17N3O2. The largest absolute Gasteiger partial charge is 0.393 e. The standard InChI is InChI=1S/C13H17N3O2/c14-13(18)8-2-4-12(15-5-8)16-6-9-1-3-11(17)10(9)7-16/h2,4-5,9-11,17H,1,3,6-7H2,(H2,14,18). The topological polar surface area (TPSA) is 79.5 Å². The van der Waals surface area contributed by atoms with Crippen molar-refractivity contribution in [3.8, 4) is 0 Å². The quantitative estimate of drug-likeness (QED) is 0.792. The summed E-state index contributed by atoms with van der Waals surface area (Å²) in [6.07, 6.45) is 3.38. The van der Waals surface area contributed by atoms with Gasteiger partial charge in [-0.25, -0.2) is 4.98 Å². The second-order valence-corrected chi connectivity index (χ2v) is 5.24. The third-order valence-electron chi connectivity index (χ3n) is 4.18. The third kappa shape index (κ3) is 1.84. The van der Waals surface area contributed by atoms with Gasteiger partial charge < -0.3 is 15.7 Å². The summed E-state index contributed by atoms with van der Waals surface area (Å²) in [6.45, 7) is 1.80. The van der Waals surface area contributed by atoms with Gasteiger partial charge in [0, 0.05) is 25.2 Å². The number of carbonyl (C=O) groups is 1. The molecule has 5 nitrogen and oxygen atoms in total. The summed E-state index contributed by atoms with van der Waals surface area (Å²) in [4.78, 5) is 17.4. The van der Waals surface area contributed by atoms with Gasteiger partial charge in [0.15, 0.2) is 0 Å². The van der Waals surface area contributed by atoms with Gasteiger partial charge in [-0.3, -0.25) is 4.79 Å². The Hall–Kier alpha value is -1.62. The van der Waals surface area contributed by atoms with Crippen molar-refractivity contribution in [3.05, 3.63) is 23.9 Å². The number of aromatic nitrogens is 1. The normalized spacial score (nSPS) is 30.5. The molecule has 0 aromatic carbocycles. The monoisotopic (exact) mass is 247 g/mol. The summed E-state index contributed by atoms with van der Waals surface area (Å²) in [6, 6.07) is 3.53. The molecule has 1 amide bonds. The van der Waals surface area contributed by atoms with E-state index in [1.54, 1.807) is 6.07 Å². The zero-order valence-electron chi connectivity index (χ0n) is 10.1. The van der Waals surface area contributed by atoms with Gasteiger partial charge in [0.05, 0.1) is 11.7 Å². The van der Waals surface area contributed by atoms with Crippen LogP contribution in [0.15, 0.2) is 18.3 Å². The van der Waals surface area contributed by atoms with Crippen LogP contribution in [0.1, 0.15) is 23.2 Å². The Morgan fingerprint density at radius 2 is 2.22 bits per heavy atom. The van der Waals surface area contributed by atoms with Crippen molar-refractivity contribution in [2.75, 3.05) is 18.0 Å². The van der Waals surface area contributed by atoms with Crippen LogP contribution in [0, 0.1) is 11.8 Å². The number of carbonyl (C=O) groups excluding carboxylic acids is 1. The van der Waals surface area contributed by atoms with Gasteiger partial charge in [0.2, 0.25) is 5.91 Å². The highest BCUT2D eigenvalue weighted by atomic mass is 16.3. The van der Waals surface area contributed by atoms with Crippen molar-refractivity contribution in [3.63, 3.8) is 0 Å². The number of hydrogen-bond donors (Lipinski definition) is 2. The predicted octanol–water partition coefficient (Wildman–Crippen LogP) is 0.388. The lowest BCUT2D eigenvalue weighted by atomic mass is 10.00. The molecule has 3 N–H and O–H groups in total. The van der Waals surface area contributed by atoms with Crippen LogP contribution in [0.3, 0.4) is 0 Å². The minimum absolute atomic E-state index is 0.162. The molecule has 3 atom stereocenters. The molecule has 1 aliphatic carbocycles. The maximum absolute atomic E-state index is 11.0. The lowest BCUT2D eigenvalue weighted by Crippen LogP contribution is -2.25. The Labute approximate surface area is 106 Å². The van der Waals surface area contributed by atoms with E-state index in [-0.39, 0.29) is 6.10 Å². The zero-order chi connectivity index (χ0) is 12.7. The molecule has 1 aliphatic heterocycles. The molecule has 2 aliphatic rings. The fraction of sp³-hybridized carbons (Fsp3) is 0.538. The number of aliphatic hydroxyl groups excluding tert-OH is 1. The molecule has 1 saturated heterocycles. The van der Waals surface area contributed by atoms with Crippen LogP contribution >= 0.6 is 0 Å². The van der Waals surface area contributed by atoms with E-state index in [2.05, 4.69) is 9.88 Å². The molecule has 0 spiro atoms. The summed E-state index contributed by atoms with van der Waals surface area (Å²) < 4.78 is 0. The second-order valence-electron chi connectivity index (χ2n) is 5.24.